The third-order valence-corrected chi connectivity index (χ3v) is 4.93. The summed E-state index contributed by atoms with van der Waals surface area (Å²) < 4.78 is 31.0. The number of hydrogen-bond donors (Lipinski definition) is 2. The molecule has 0 unspecified atom stereocenters. The highest BCUT2D eigenvalue weighted by Crippen LogP contribution is 2.31. The van der Waals surface area contributed by atoms with Gasteiger partial charge in [0.1, 0.15) is 0 Å². The smallest absolute Gasteiger partial charge is 0.271 e. The summed E-state index contributed by atoms with van der Waals surface area (Å²) in [6.07, 6.45) is 1.00. The highest BCUT2D eigenvalue weighted by molar-refractivity contribution is 7.80. The van der Waals surface area contributed by atoms with E-state index in [4.69, 9.17) is 0 Å². The number of non-ortho nitro benzene ring substituents is 1. The zero-order valence-electron chi connectivity index (χ0n) is 14.6. The summed E-state index contributed by atoms with van der Waals surface area (Å²) in [5.74, 6) is 0. The van der Waals surface area contributed by atoms with Crippen molar-refractivity contribution in [1.82, 2.24) is 5.32 Å². The van der Waals surface area contributed by atoms with E-state index in [0.29, 0.717) is 0 Å². The average molecular weight is 388 g/mol. The summed E-state index contributed by atoms with van der Waals surface area (Å²) in [5.41, 5.74) is 2.50. The number of nitrogens with zero attached hydrogens (tertiary/aromatic N) is 2. The van der Waals surface area contributed by atoms with Crippen LogP contribution in [0.25, 0.3) is 0 Å². The number of benzene rings is 1. The molecule has 1 fully saturated rings. The molecule has 1 aromatic carbocycles. The number of fused-ring (bicyclic) bond motifs is 1. The Kier molecular flexibility index (Phi) is 7.29. The van der Waals surface area contributed by atoms with Gasteiger partial charge in [0.2, 0.25) is 10.4 Å². The fraction of sp³-hybridized carbons (Fsp3) is 0.600. The number of piperazine rings is 1. The molecule has 0 aromatic heterocycles. The lowest BCUT2D eigenvalue weighted by Crippen LogP contribution is -3.15. The van der Waals surface area contributed by atoms with E-state index in [1.54, 1.807) is 17.0 Å². The molecule has 0 spiro atoms. The second-order valence-corrected chi connectivity index (χ2v) is 7.28. The second kappa shape index (κ2) is 9.24. The van der Waals surface area contributed by atoms with Gasteiger partial charge in [-0.1, -0.05) is 6.07 Å². The fourth-order valence-corrected chi connectivity index (χ4v) is 3.10. The molecule has 0 amide bonds. The van der Waals surface area contributed by atoms with Crippen LogP contribution in [0.2, 0.25) is 0 Å². The topological polar surface area (TPSA) is 129 Å². The van der Waals surface area contributed by atoms with Gasteiger partial charge in [-0.3, -0.25) is 14.3 Å². The zero-order valence-corrected chi connectivity index (χ0v) is 15.5. The summed E-state index contributed by atoms with van der Waals surface area (Å²) >= 11 is 0. The van der Waals surface area contributed by atoms with Crippen molar-refractivity contribution < 1.29 is 27.0 Å². The minimum Gasteiger partial charge on any atom is -0.726 e. The van der Waals surface area contributed by atoms with E-state index in [2.05, 4.69) is 14.4 Å². The highest BCUT2D eigenvalue weighted by atomic mass is 32.3. The summed E-state index contributed by atoms with van der Waals surface area (Å²) in [6.45, 7) is 7.63. The number of nitrogens with one attached hydrogen (secondary N) is 2. The standard InChI is InChI=1S/C14H20N4O2.CH4O4S/c19-18(20)13-2-1-12-3-6-17(14(12)11-13)10-9-16-7-4-15-5-8-16;1-5-6(2,3)4/h1-2,11,15H,3-10H2;1H3,(H,2,3,4). The van der Waals surface area contributed by atoms with Crippen LogP contribution in [-0.2, 0) is 21.0 Å². The van der Waals surface area contributed by atoms with E-state index in [-0.39, 0.29) is 10.6 Å². The van der Waals surface area contributed by atoms with Crippen LogP contribution >= 0.6 is 0 Å². The molecule has 3 rings (SSSR count). The van der Waals surface area contributed by atoms with Gasteiger partial charge in [-0.15, -0.1) is 0 Å². The van der Waals surface area contributed by atoms with Gasteiger partial charge in [0.05, 0.1) is 38.2 Å². The van der Waals surface area contributed by atoms with E-state index in [9.17, 15) is 23.1 Å². The van der Waals surface area contributed by atoms with Gasteiger partial charge in [0.25, 0.3) is 5.69 Å². The Labute approximate surface area is 152 Å². The number of quaternary nitrogens is 1. The SMILES string of the molecule is COS(=O)(=O)[O-].O=[N+]([O-])c1ccc2c(c1)N(CC[NH+]1CCNCC1)CC2. The quantitative estimate of drug-likeness (QED) is 0.271. The maximum absolute atomic E-state index is 10.9. The van der Waals surface area contributed by atoms with Crippen LogP contribution in [0.5, 0.6) is 0 Å². The molecule has 26 heavy (non-hydrogen) atoms. The normalized spacial score (nSPS) is 17.4. The first-order chi connectivity index (χ1) is 12.3. The first kappa shape index (κ1) is 20.5. The Hall–Kier alpha value is -1.79. The van der Waals surface area contributed by atoms with Gasteiger partial charge >= 0.3 is 0 Å². The number of nitro benzene ring substituents is 1. The summed E-state index contributed by atoms with van der Waals surface area (Å²) in [7, 11) is -3.60. The Morgan fingerprint density at radius 2 is 2.00 bits per heavy atom. The predicted molar refractivity (Wildman–Crippen MR) is 94.2 cm³/mol. The maximum Gasteiger partial charge on any atom is 0.271 e. The minimum atomic E-state index is -4.41. The van der Waals surface area contributed by atoms with Crippen molar-refractivity contribution in [2.24, 2.45) is 0 Å². The van der Waals surface area contributed by atoms with Crippen LogP contribution in [-0.4, -0.2) is 70.8 Å². The molecule has 2 heterocycles. The predicted octanol–water partition coefficient (Wildman–Crippen LogP) is -1.46. The van der Waals surface area contributed by atoms with Crippen molar-refractivity contribution in [2.45, 2.75) is 6.42 Å². The molecule has 10 nitrogen and oxygen atoms in total. The summed E-state index contributed by atoms with van der Waals surface area (Å²) in [4.78, 5) is 14.5. The third kappa shape index (κ3) is 6.18. The molecular weight excluding hydrogens is 364 g/mol. The van der Waals surface area contributed by atoms with Crippen molar-refractivity contribution >= 4 is 21.8 Å². The summed E-state index contributed by atoms with van der Waals surface area (Å²) in [6, 6.07) is 5.25. The van der Waals surface area contributed by atoms with Gasteiger partial charge < -0.3 is 19.7 Å². The van der Waals surface area contributed by atoms with Crippen molar-refractivity contribution in [3.63, 3.8) is 0 Å². The monoisotopic (exact) mass is 388 g/mol. The molecule has 2 aliphatic heterocycles. The number of rotatable bonds is 5. The molecule has 1 saturated heterocycles. The third-order valence-electron chi connectivity index (χ3n) is 4.52. The molecule has 1 aromatic rings. The van der Waals surface area contributed by atoms with Crippen molar-refractivity contribution in [1.29, 1.82) is 0 Å². The number of nitro groups is 1. The van der Waals surface area contributed by atoms with Gasteiger partial charge in [-0.25, -0.2) is 8.42 Å². The van der Waals surface area contributed by atoms with Crippen molar-refractivity contribution in [2.75, 3.05) is 57.8 Å². The lowest BCUT2D eigenvalue weighted by Gasteiger charge is -2.27. The van der Waals surface area contributed by atoms with Gasteiger partial charge in [-0.2, -0.15) is 0 Å². The molecule has 0 aliphatic carbocycles. The van der Waals surface area contributed by atoms with Crippen LogP contribution in [0.15, 0.2) is 18.2 Å². The molecule has 0 radical (unpaired) electrons. The lowest BCUT2D eigenvalue weighted by atomic mass is 10.1. The molecular formula is C15H24N4O6S. The van der Waals surface area contributed by atoms with Gasteiger partial charge in [0, 0.05) is 37.5 Å². The van der Waals surface area contributed by atoms with Gasteiger partial charge in [0.15, 0.2) is 0 Å². The van der Waals surface area contributed by atoms with Crippen LogP contribution < -0.4 is 15.1 Å². The van der Waals surface area contributed by atoms with Crippen LogP contribution in [0, 0.1) is 10.1 Å². The molecule has 2 aliphatic rings. The summed E-state index contributed by atoms with van der Waals surface area (Å²) in [5, 5.41) is 14.3. The fourth-order valence-electron chi connectivity index (χ4n) is 3.10. The van der Waals surface area contributed by atoms with Crippen molar-refractivity contribution in [3.05, 3.63) is 33.9 Å². The highest BCUT2D eigenvalue weighted by Gasteiger charge is 2.23. The first-order valence-corrected chi connectivity index (χ1v) is 9.71. The van der Waals surface area contributed by atoms with E-state index in [1.165, 1.54) is 18.7 Å². The van der Waals surface area contributed by atoms with Crippen LogP contribution in [0.3, 0.4) is 0 Å². The van der Waals surface area contributed by atoms with Gasteiger partial charge in [-0.05, 0) is 12.0 Å². The van der Waals surface area contributed by atoms with E-state index < -0.39 is 10.4 Å². The minimum absolute atomic E-state index is 0.199. The first-order valence-electron chi connectivity index (χ1n) is 8.38. The number of hydrogen-bond acceptors (Lipinski definition) is 8. The molecule has 0 atom stereocenters. The Morgan fingerprint density at radius 1 is 1.35 bits per heavy atom. The Balaban J connectivity index is 0.000000352. The largest absolute Gasteiger partial charge is 0.726 e. The zero-order chi connectivity index (χ0) is 19.2. The van der Waals surface area contributed by atoms with Crippen LogP contribution in [0.4, 0.5) is 11.4 Å². The van der Waals surface area contributed by atoms with E-state index in [1.807, 2.05) is 6.07 Å². The van der Waals surface area contributed by atoms with E-state index in [0.717, 1.165) is 51.9 Å². The molecule has 146 valence electrons. The molecule has 2 N–H and O–H groups in total. The molecule has 0 bridgehead atoms. The average Bonchev–Trinajstić information content (AvgIpc) is 3.03. The maximum atomic E-state index is 10.9. The number of anilines is 1. The van der Waals surface area contributed by atoms with Crippen molar-refractivity contribution in [3.8, 4) is 0 Å². The molecule has 11 heteroatoms. The van der Waals surface area contributed by atoms with E-state index >= 15 is 0 Å². The Morgan fingerprint density at radius 3 is 2.58 bits per heavy atom. The molecule has 0 saturated carbocycles. The Bertz CT molecular complexity index is 721. The van der Waals surface area contributed by atoms with Crippen LogP contribution in [0.1, 0.15) is 5.56 Å². The lowest BCUT2D eigenvalue weighted by molar-refractivity contribution is -0.900. The second-order valence-electron chi connectivity index (χ2n) is 6.13.